The molecule has 5 heteroatoms. The second kappa shape index (κ2) is 7.84. The molecule has 0 spiro atoms. The first-order valence-corrected chi connectivity index (χ1v) is 8.20. The number of ether oxygens (including phenoxy) is 1. The van der Waals surface area contributed by atoms with Crippen molar-refractivity contribution in [1.82, 2.24) is 5.32 Å². The predicted molar refractivity (Wildman–Crippen MR) is 96.7 cm³/mol. The fourth-order valence-electron chi connectivity index (χ4n) is 2.90. The third-order valence-electron chi connectivity index (χ3n) is 4.09. The van der Waals surface area contributed by atoms with Crippen molar-refractivity contribution in [2.75, 3.05) is 31.7 Å². The summed E-state index contributed by atoms with van der Waals surface area (Å²) in [6.45, 7) is 1.99. The number of nitrogens with zero attached hydrogens (tertiary/aromatic N) is 2. The normalized spacial score (nSPS) is 13.8. The summed E-state index contributed by atoms with van der Waals surface area (Å²) >= 11 is 0. The van der Waals surface area contributed by atoms with Gasteiger partial charge in [0.25, 0.3) is 0 Å². The molecule has 0 amide bonds. The monoisotopic (exact) mass is 325 g/mol. The van der Waals surface area contributed by atoms with Gasteiger partial charge in [-0.1, -0.05) is 30.3 Å². The van der Waals surface area contributed by atoms with Crippen molar-refractivity contribution in [1.29, 1.82) is 0 Å². The molecule has 0 saturated heterocycles. The quantitative estimate of drug-likeness (QED) is 0.654. The zero-order valence-corrected chi connectivity index (χ0v) is 13.9. The zero-order valence-electron chi connectivity index (χ0n) is 13.9. The molecule has 5 nitrogen and oxygen atoms in total. The summed E-state index contributed by atoms with van der Waals surface area (Å²) in [6.07, 6.45) is 1.05. The van der Waals surface area contributed by atoms with Crippen LogP contribution in [0.3, 0.4) is 0 Å². The first kappa shape index (κ1) is 16.3. The largest absolute Gasteiger partial charge is 0.491 e. The van der Waals surface area contributed by atoms with E-state index in [2.05, 4.69) is 39.5 Å². The molecule has 2 aromatic carbocycles. The van der Waals surface area contributed by atoms with Crippen LogP contribution in [0.25, 0.3) is 0 Å². The molecule has 0 bridgehead atoms. The summed E-state index contributed by atoms with van der Waals surface area (Å²) in [4.78, 5) is 6.65. The van der Waals surface area contributed by atoms with Crippen LogP contribution < -0.4 is 15.0 Å². The van der Waals surface area contributed by atoms with Crippen molar-refractivity contribution in [3.05, 3.63) is 59.7 Å². The maximum Gasteiger partial charge on any atom is 0.198 e. The number of fused-ring (bicyclic) bond motifs is 1. The van der Waals surface area contributed by atoms with E-state index in [4.69, 9.17) is 9.84 Å². The predicted octanol–water partition coefficient (Wildman–Crippen LogP) is 2.20. The van der Waals surface area contributed by atoms with Crippen LogP contribution in [0.4, 0.5) is 5.69 Å². The Balaban J connectivity index is 1.61. The fraction of sp³-hybridized carbons (Fsp3) is 0.316. The molecule has 0 atom stereocenters. The van der Waals surface area contributed by atoms with Gasteiger partial charge in [-0.2, -0.15) is 0 Å². The number of anilines is 1. The maximum atomic E-state index is 8.78. The van der Waals surface area contributed by atoms with Crippen LogP contribution in [-0.2, 0) is 13.0 Å². The average Bonchev–Trinajstić information content (AvgIpc) is 3.06. The van der Waals surface area contributed by atoms with Gasteiger partial charge in [-0.25, -0.2) is 0 Å². The van der Waals surface area contributed by atoms with Gasteiger partial charge in [0.15, 0.2) is 5.96 Å². The Kier molecular flexibility index (Phi) is 5.33. The molecule has 1 heterocycles. The SMILES string of the molecule is CN=C(NCc1ccc(OCCO)cc1)N1CCc2ccccc21. The molecule has 0 radical (unpaired) electrons. The summed E-state index contributed by atoms with van der Waals surface area (Å²) in [7, 11) is 1.81. The van der Waals surface area contributed by atoms with E-state index in [-0.39, 0.29) is 6.61 Å². The van der Waals surface area contributed by atoms with Gasteiger partial charge in [0.05, 0.1) is 6.61 Å². The third kappa shape index (κ3) is 3.68. The van der Waals surface area contributed by atoms with E-state index in [9.17, 15) is 0 Å². The molecule has 0 aliphatic carbocycles. The van der Waals surface area contributed by atoms with Crippen molar-refractivity contribution in [3.63, 3.8) is 0 Å². The molecular weight excluding hydrogens is 302 g/mol. The van der Waals surface area contributed by atoms with E-state index in [0.29, 0.717) is 13.2 Å². The van der Waals surface area contributed by atoms with Gasteiger partial charge >= 0.3 is 0 Å². The lowest BCUT2D eigenvalue weighted by Crippen LogP contribution is -2.40. The van der Waals surface area contributed by atoms with Gasteiger partial charge in [-0.05, 0) is 35.7 Å². The summed E-state index contributed by atoms with van der Waals surface area (Å²) in [6, 6.07) is 16.3. The molecule has 0 aromatic heterocycles. The lowest BCUT2D eigenvalue weighted by Gasteiger charge is -2.22. The molecule has 2 N–H and O–H groups in total. The van der Waals surface area contributed by atoms with Crippen molar-refractivity contribution < 1.29 is 9.84 Å². The summed E-state index contributed by atoms with van der Waals surface area (Å²) in [5, 5.41) is 12.2. The van der Waals surface area contributed by atoms with E-state index < -0.39 is 0 Å². The van der Waals surface area contributed by atoms with Gasteiger partial charge in [0, 0.05) is 25.8 Å². The number of aliphatic hydroxyl groups is 1. The van der Waals surface area contributed by atoms with Crippen molar-refractivity contribution >= 4 is 11.6 Å². The van der Waals surface area contributed by atoms with Gasteiger partial charge in [-0.3, -0.25) is 4.99 Å². The minimum atomic E-state index is 0.0247. The topological polar surface area (TPSA) is 57.1 Å². The average molecular weight is 325 g/mol. The number of rotatable bonds is 5. The molecule has 0 unspecified atom stereocenters. The molecule has 0 saturated carbocycles. The molecule has 1 aliphatic heterocycles. The standard InChI is InChI=1S/C19H23N3O2/c1-20-19(22-11-10-16-4-2-3-5-18(16)22)21-14-15-6-8-17(9-7-15)24-13-12-23/h2-9,23H,10-14H2,1H3,(H,20,21). The van der Waals surface area contributed by atoms with E-state index in [0.717, 1.165) is 30.2 Å². The minimum Gasteiger partial charge on any atom is -0.491 e. The van der Waals surface area contributed by atoms with Crippen LogP contribution in [0.1, 0.15) is 11.1 Å². The van der Waals surface area contributed by atoms with E-state index in [1.807, 2.05) is 31.3 Å². The van der Waals surface area contributed by atoms with Crippen LogP contribution in [0, 0.1) is 0 Å². The van der Waals surface area contributed by atoms with Gasteiger partial charge in [0.2, 0.25) is 0 Å². The molecule has 24 heavy (non-hydrogen) atoms. The molecular formula is C19H23N3O2. The molecule has 2 aromatic rings. The summed E-state index contributed by atoms with van der Waals surface area (Å²) in [5.74, 6) is 1.66. The highest BCUT2D eigenvalue weighted by Crippen LogP contribution is 2.27. The third-order valence-corrected chi connectivity index (χ3v) is 4.09. The lowest BCUT2D eigenvalue weighted by atomic mass is 10.2. The Labute approximate surface area is 142 Å². The fourth-order valence-corrected chi connectivity index (χ4v) is 2.90. The molecule has 126 valence electrons. The Morgan fingerprint density at radius 2 is 2.00 bits per heavy atom. The molecule has 0 fully saturated rings. The minimum absolute atomic E-state index is 0.0247. The Morgan fingerprint density at radius 3 is 2.75 bits per heavy atom. The van der Waals surface area contributed by atoms with Crippen LogP contribution in [0.5, 0.6) is 5.75 Å². The van der Waals surface area contributed by atoms with Crippen LogP contribution in [0.2, 0.25) is 0 Å². The zero-order chi connectivity index (χ0) is 16.8. The number of guanidine groups is 1. The van der Waals surface area contributed by atoms with E-state index in [1.54, 1.807) is 0 Å². The Morgan fingerprint density at radius 1 is 1.21 bits per heavy atom. The van der Waals surface area contributed by atoms with Crippen LogP contribution in [0.15, 0.2) is 53.5 Å². The number of aliphatic hydroxyl groups excluding tert-OH is 1. The van der Waals surface area contributed by atoms with Crippen molar-refractivity contribution in [2.45, 2.75) is 13.0 Å². The van der Waals surface area contributed by atoms with Crippen LogP contribution >= 0.6 is 0 Å². The number of benzene rings is 2. The summed E-state index contributed by atoms with van der Waals surface area (Å²) < 4.78 is 5.37. The van der Waals surface area contributed by atoms with E-state index in [1.165, 1.54) is 11.3 Å². The highest BCUT2D eigenvalue weighted by Gasteiger charge is 2.22. The lowest BCUT2D eigenvalue weighted by molar-refractivity contribution is 0.201. The summed E-state index contributed by atoms with van der Waals surface area (Å²) in [5.41, 5.74) is 3.75. The van der Waals surface area contributed by atoms with Gasteiger partial charge in [0.1, 0.15) is 12.4 Å². The van der Waals surface area contributed by atoms with Crippen molar-refractivity contribution in [3.8, 4) is 5.75 Å². The Bertz CT molecular complexity index is 698. The number of para-hydroxylation sites is 1. The molecule has 1 aliphatic rings. The van der Waals surface area contributed by atoms with Gasteiger partial charge < -0.3 is 20.1 Å². The van der Waals surface area contributed by atoms with Crippen LogP contribution in [-0.4, -0.2) is 37.9 Å². The maximum absolute atomic E-state index is 8.78. The highest BCUT2D eigenvalue weighted by molar-refractivity contribution is 5.97. The highest BCUT2D eigenvalue weighted by atomic mass is 16.5. The second-order valence-electron chi connectivity index (χ2n) is 5.65. The second-order valence-corrected chi connectivity index (χ2v) is 5.65. The number of nitrogens with one attached hydrogen (secondary N) is 1. The smallest absolute Gasteiger partial charge is 0.198 e. The first-order chi connectivity index (χ1) is 11.8. The van der Waals surface area contributed by atoms with Gasteiger partial charge in [-0.15, -0.1) is 0 Å². The number of hydrogen-bond donors (Lipinski definition) is 2. The number of aliphatic imine (C=N–C) groups is 1. The van der Waals surface area contributed by atoms with E-state index >= 15 is 0 Å². The number of hydrogen-bond acceptors (Lipinski definition) is 3. The Hall–Kier alpha value is -2.53. The van der Waals surface area contributed by atoms with Crippen molar-refractivity contribution in [2.24, 2.45) is 4.99 Å². The first-order valence-electron chi connectivity index (χ1n) is 8.20. The molecule has 3 rings (SSSR count).